The molecule has 0 aromatic heterocycles. The van der Waals surface area contributed by atoms with Crippen LogP contribution in [0.25, 0.3) is 0 Å². The van der Waals surface area contributed by atoms with Crippen LogP contribution >= 0.6 is 0 Å². The van der Waals surface area contributed by atoms with Crippen molar-refractivity contribution in [2.45, 2.75) is 0 Å². The maximum atomic E-state index is 13.5. The standard InChI is InChI=1S/C11H15FN2O/c1-13-7-10(15)8-5-4-6-9(12)11(8)14(2)3/h4-6,13H,7H2,1-3H3. The molecule has 0 amide bonds. The number of hydrogen-bond acceptors (Lipinski definition) is 3. The van der Waals surface area contributed by atoms with E-state index in [0.717, 1.165) is 0 Å². The van der Waals surface area contributed by atoms with Gasteiger partial charge in [-0.05, 0) is 19.2 Å². The summed E-state index contributed by atoms with van der Waals surface area (Å²) < 4.78 is 13.5. The van der Waals surface area contributed by atoms with Crippen molar-refractivity contribution < 1.29 is 9.18 Å². The second kappa shape index (κ2) is 4.89. The van der Waals surface area contributed by atoms with Gasteiger partial charge in [0.25, 0.3) is 0 Å². The van der Waals surface area contributed by atoms with Crippen molar-refractivity contribution in [3.63, 3.8) is 0 Å². The second-order valence-electron chi connectivity index (χ2n) is 3.48. The number of anilines is 1. The van der Waals surface area contributed by atoms with Crippen LogP contribution in [-0.2, 0) is 0 Å². The van der Waals surface area contributed by atoms with Crippen molar-refractivity contribution in [3.8, 4) is 0 Å². The summed E-state index contributed by atoms with van der Waals surface area (Å²) in [7, 11) is 5.12. The molecule has 1 N–H and O–H groups in total. The number of carbonyl (C=O) groups is 1. The van der Waals surface area contributed by atoms with Gasteiger partial charge in [0.2, 0.25) is 0 Å². The van der Waals surface area contributed by atoms with E-state index in [0.29, 0.717) is 11.3 Å². The van der Waals surface area contributed by atoms with Gasteiger partial charge in [0, 0.05) is 19.7 Å². The summed E-state index contributed by atoms with van der Waals surface area (Å²) in [4.78, 5) is 13.3. The predicted octanol–water partition coefficient (Wildman–Crippen LogP) is 1.29. The number of nitrogens with zero attached hydrogens (tertiary/aromatic N) is 1. The molecule has 82 valence electrons. The van der Waals surface area contributed by atoms with Crippen LogP contribution in [-0.4, -0.2) is 33.5 Å². The summed E-state index contributed by atoms with van der Waals surface area (Å²) in [5, 5.41) is 2.76. The molecule has 0 atom stereocenters. The molecular weight excluding hydrogens is 195 g/mol. The van der Waals surface area contributed by atoms with E-state index in [1.165, 1.54) is 6.07 Å². The molecule has 15 heavy (non-hydrogen) atoms. The van der Waals surface area contributed by atoms with E-state index in [1.807, 2.05) is 0 Å². The largest absolute Gasteiger partial charge is 0.375 e. The highest BCUT2D eigenvalue weighted by Gasteiger charge is 2.15. The summed E-state index contributed by atoms with van der Waals surface area (Å²) in [5.74, 6) is -0.484. The Morgan fingerprint density at radius 3 is 2.67 bits per heavy atom. The molecule has 1 aromatic rings. The smallest absolute Gasteiger partial charge is 0.178 e. The third-order valence-electron chi connectivity index (χ3n) is 2.07. The molecule has 1 rings (SSSR count). The lowest BCUT2D eigenvalue weighted by atomic mass is 10.1. The van der Waals surface area contributed by atoms with Crippen molar-refractivity contribution in [1.82, 2.24) is 5.32 Å². The highest BCUT2D eigenvalue weighted by Crippen LogP contribution is 2.22. The van der Waals surface area contributed by atoms with E-state index >= 15 is 0 Å². The monoisotopic (exact) mass is 210 g/mol. The second-order valence-corrected chi connectivity index (χ2v) is 3.48. The Labute approximate surface area is 88.9 Å². The van der Waals surface area contributed by atoms with E-state index in [9.17, 15) is 9.18 Å². The first-order valence-electron chi connectivity index (χ1n) is 4.71. The molecule has 0 aliphatic rings. The molecule has 0 fully saturated rings. The first kappa shape index (κ1) is 11.7. The fourth-order valence-electron chi connectivity index (χ4n) is 1.45. The zero-order valence-electron chi connectivity index (χ0n) is 9.17. The van der Waals surface area contributed by atoms with Gasteiger partial charge in [-0.2, -0.15) is 0 Å². The molecular formula is C11H15FN2O. The van der Waals surface area contributed by atoms with Gasteiger partial charge in [0.15, 0.2) is 5.78 Å². The molecule has 0 spiro atoms. The number of halogens is 1. The third kappa shape index (κ3) is 2.53. The summed E-state index contributed by atoms with van der Waals surface area (Å²) in [5.41, 5.74) is 0.757. The SMILES string of the molecule is CNCC(=O)c1cccc(F)c1N(C)C. The lowest BCUT2D eigenvalue weighted by Gasteiger charge is -2.17. The average Bonchev–Trinajstić information content (AvgIpc) is 2.17. The first-order valence-corrected chi connectivity index (χ1v) is 4.71. The molecule has 0 aliphatic carbocycles. The topological polar surface area (TPSA) is 32.3 Å². The fraction of sp³-hybridized carbons (Fsp3) is 0.364. The minimum atomic E-state index is -0.373. The minimum absolute atomic E-state index is 0.110. The summed E-state index contributed by atoms with van der Waals surface area (Å²) >= 11 is 0. The van der Waals surface area contributed by atoms with Gasteiger partial charge < -0.3 is 10.2 Å². The van der Waals surface area contributed by atoms with Gasteiger partial charge >= 0.3 is 0 Å². The van der Waals surface area contributed by atoms with Crippen molar-refractivity contribution in [1.29, 1.82) is 0 Å². The molecule has 0 saturated heterocycles. The molecule has 0 bridgehead atoms. The van der Waals surface area contributed by atoms with Crippen LogP contribution in [0, 0.1) is 5.82 Å². The van der Waals surface area contributed by atoms with Crippen LogP contribution in [0.4, 0.5) is 10.1 Å². The zero-order valence-corrected chi connectivity index (χ0v) is 9.17. The van der Waals surface area contributed by atoms with Gasteiger partial charge in [0.05, 0.1) is 12.2 Å². The number of rotatable bonds is 4. The normalized spacial score (nSPS) is 10.1. The van der Waals surface area contributed by atoms with Crippen molar-refractivity contribution >= 4 is 11.5 Å². The van der Waals surface area contributed by atoms with Gasteiger partial charge in [-0.25, -0.2) is 4.39 Å². The van der Waals surface area contributed by atoms with Crippen LogP contribution in [0.15, 0.2) is 18.2 Å². The third-order valence-corrected chi connectivity index (χ3v) is 2.07. The highest BCUT2D eigenvalue weighted by molar-refractivity contribution is 6.02. The number of likely N-dealkylation sites (N-methyl/N-ethyl adjacent to an activating group) is 1. The number of para-hydroxylation sites is 1. The maximum Gasteiger partial charge on any atom is 0.178 e. The highest BCUT2D eigenvalue weighted by atomic mass is 19.1. The Morgan fingerprint density at radius 1 is 1.47 bits per heavy atom. The number of Topliss-reactive ketones (excluding diaryl/α,β-unsaturated/α-hetero) is 1. The lowest BCUT2D eigenvalue weighted by Crippen LogP contribution is -2.22. The van der Waals surface area contributed by atoms with E-state index in [2.05, 4.69) is 5.32 Å². The summed E-state index contributed by atoms with van der Waals surface area (Å²) in [6, 6.07) is 4.54. The van der Waals surface area contributed by atoms with Crippen LogP contribution in [0.5, 0.6) is 0 Å². The first-order chi connectivity index (χ1) is 7.07. The van der Waals surface area contributed by atoms with Crippen LogP contribution < -0.4 is 10.2 Å². The Bertz CT molecular complexity index is 364. The van der Waals surface area contributed by atoms with Crippen molar-refractivity contribution in [3.05, 3.63) is 29.6 Å². The fourth-order valence-corrected chi connectivity index (χ4v) is 1.45. The quantitative estimate of drug-likeness (QED) is 0.760. The summed E-state index contributed by atoms with van der Waals surface area (Å²) in [6.07, 6.45) is 0. The van der Waals surface area contributed by atoms with Crippen molar-refractivity contribution in [2.24, 2.45) is 0 Å². The van der Waals surface area contributed by atoms with Crippen LogP contribution in [0.3, 0.4) is 0 Å². The summed E-state index contributed by atoms with van der Waals surface area (Å²) in [6.45, 7) is 0.213. The molecule has 3 nitrogen and oxygen atoms in total. The number of hydrogen-bond donors (Lipinski definition) is 1. The van der Waals surface area contributed by atoms with Gasteiger partial charge in [-0.15, -0.1) is 0 Å². The molecule has 1 aromatic carbocycles. The van der Waals surface area contributed by atoms with E-state index in [1.54, 1.807) is 38.2 Å². The number of benzene rings is 1. The lowest BCUT2D eigenvalue weighted by molar-refractivity contribution is 0.0993. The average molecular weight is 210 g/mol. The number of ketones is 1. The molecule has 0 unspecified atom stereocenters. The van der Waals surface area contributed by atoms with Gasteiger partial charge in [-0.3, -0.25) is 4.79 Å². The van der Waals surface area contributed by atoms with Crippen molar-refractivity contribution in [2.75, 3.05) is 32.6 Å². The molecule has 0 radical (unpaired) electrons. The minimum Gasteiger partial charge on any atom is -0.375 e. The van der Waals surface area contributed by atoms with Gasteiger partial charge in [-0.1, -0.05) is 6.07 Å². The molecule has 0 heterocycles. The van der Waals surface area contributed by atoms with E-state index in [4.69, 9.17) is 0 Å². The Balaban J connectivity index is 3.17. The molecule has 0 saturated carbocycles. The van der Waals surface area contributed by atoms with Crippen LogP contribution in [0.2, 0.25) is 0 Å². The number of carbonyl (C=O) groups excluding carboxylic acids is 1. The predicted molar refractivity (Wildman–Crippen MR) is 59.0 cm³/mol. The Morgan fingerprint density at radius 2 is 2.13 bits per heavy atom. The zero-order chi connectivity index (χ0) is 11.4. The van der Waals surface area contributed by atoms with E-state index in [-0.39, 0.29) is 18.1 Å². The molecule has 4 heteroatoms. The Kier molecular flexibility index (Phi) is 3.80. The van der Waals surface area contributed by atoms with Crippen LogP contribution in [0.1, 0.15) is 10.4 Å². The Hall–Kier alpha value is -1.42. The molecule has 0 aliphatic heterocycles. The van der Waals surface area contributed by atoms with E-state index < -0.39 is 0 Å². The number of nitrogens with one attached hydrogen (secondary N) is 1. The maximum absolute atomic E-state index is 13.5. The van der Waals surface area contributed by atoms with Gasteiger partial charge in [0.1, 0.15) is 5.82 Å².